The highest BCUT2D eigenvalue weighted by molar-refractivity contribution is 9.10. The lowest BCUT2D eigenvalue weighted by Gasteiger charge is -2.37. The Bertz CT molecular complexity index is 1810. The van der Waals surface area contributed by atoms with E-state index in [0.29, 0.717) is 50.4 Å². The van der Waals surface area contributed by atoms with Crippen LogP contribution >= 0.6 is 15.9 Å². The number of halogens is 1. The first kappa shape index (κ1) is 33.6. The molecule has 5 rings (SSSR count). The zero-order chi connectivity index (χ0) is 33.2. The number of ether oxygens (including phenoxy) is 1. The predicted octanol–water partition coefficient (Wildman–Crippen LogP) is 5.95. The molecule has 0 saturated carbocycles. The van der Waals surface area contributed by atoms with E-state index in [9.17, 15) is 8.42 Å². The van der Waals surface area contributed by atoms with Gasteiger partial charge in [0.25, 0.3) is 0 Å². The highest BCUT2D eigenvalue weighted by Crippen LogP contribution is 2.40. The minimum atomic E-state index is -3.67. The SMILES string of the molecule is CCc1cc(Nc2ncc(Br)c(Nc3ccc4nccnc4c3N(C(C)C)S(C)(=O)=O)n2)c(OC)cc1N1CCC(N(C)C)CC1. The van der Waals surface area contributed by atoms with Crippen LogP contribution in [-0.4, -0.2) is 85.9 Å². The number of anilines is 6. The molecule has 0 amide bonds. The van der Waals surface area contributed by atoms with Gasteiger partial charge in [-0.1, -0.05) is 6.92 Å². The number of hydrogen-bond acceptors (Lipinski definition) is 11. The van der Waals surface area contributed by atoms with E-state index in [1.807, 2.05) is 13.8 Å². The molecule has 46 heavy (non-hydrogen) atoms. The smallest absolute Gasteiger partial charge is 0.232 e. The molecule has 14 heteroatoms. The Morgan fingerprint density at radius 1 is 1.07 bits per heavy atom. The van der Waals surface area contributed by atoms with Gasteiger partial charge in [-0.15, -0.1) is 0 Å². The molecule has 0 radical (unpaired) electrons. The van der Waals surface area contributed by atoms with E-state index in [-0.39, 0.29) is 6.04 Å². The molecule has 0 bridgehead atoms. The molecule has 1 fully saturated rings. The molecule has 2 N–H and O–H groups in total. The van der Waals surface area contributed by atoms with Gasteiger partial charge in [-0.2, -0.15) is 4.98 Å². The van der Waals surface area contributed by atoms with Gasteiger partial charge in [-0.05, 0) is 86.9 Å². The molecule has 0 unspecified atom stereocenters. The molecule has 1 saturated heterocycles. The third kappa shape index (κ3) is 7.13. The number of nitrogens with zero attached hydrogens (tertiary/aromatic N) is 7. The van der Waals surface area contributed by atoms with E-state index in [0.717, 1.165) is 38.0 Å². The fraction of sp³-hybridized carbons (Fsp3) is 0.438. The van der Waals surface area contributed by atoms with Crippen LogP contribution in [0, 0.1) is 0 Å². The third-order valence-electron chi connectivity index (χ3n) is 8.22. The van der Waals surface area contributed by atoms with Crippen molar-refractivity contribution in [3.63, 3.8) is 0 Å². The van der Waals surface area contributed by atoms with Crippen LogP contribution in [0.15, 0.2) is 47.3 Å². The Balaban J connectivity index is 1.48. The van der Waals surface area contributed by atoms with Crippen LogP contribution in [0.5, 0.6) is 5.75 Å². The number of hydrogen-bond donors (Lipinski definition) is 2. The second kappa shape index (κ2) is 13.9. The zero-order valence-electron chi connectivity index (χ0n) is 27.4. The molecule has 0 spiro atoms. The van der Waals surface area contributed by atoms with Gasteiger partial charge in [-0.3, -0.25) is 14.3 Å². The fourth-order valence-corrected chi connectivity index (χ4v) is 7.57. The predicted molar refractivity (Wildman–Crippen MR) is 190 cm³/mol. The maximum absolute atomic E-state index is 13.0. The quantitative estimate of drug-likeness (QED) is 0.192. The Morgan fingerprint density at radius 3 is 2.41 bits per heavy atom. The van der Waals surface area contributed by atoms with Crippen molar-refractivity contribution >= 4 is 71.5 Å². The highest BCUT2D eigenvalue weighted by atomic mass is 79.9. The minimum absolute atomic E-state index is 0.344. The van der Waals surface area contributed by atoms with Crippen molar-refractivity contribution in [2.45, 2.75) is 52.1 Å². The molecule has 1 aliphatic heterocycles. The number of aromatic nitrogens is 4. The van der Waals surface area contributed by atoms with Gasteiger partial charge in [0.2, 0.25) is 16.0 Å². The summed E-state index contributed by atoms with van der Waals surface area (Å²) in [5, 5.41) is 6.68. The van der Waals surface area contributed by atoms with E-state index < -0.39 is 10.0 Å². The first-order chi connectivity index (χ1) is 21.9. The summed E-state index contributed by atoms with van der Waals surface area (Å²) in [4.78, 5) is 22.9. The first-order valence-electron chi connectivity index (χ1n) is 15.3. The molecule has 4 aromatic rings. The lowest BCUT2D eigenvalue weighted by atomic mass is 10.0. The third-order valence-corrected chi connectivity index (χ3v) is 10.1. The van der Waals surface area contributed by atoms with Gasteiger partial charge in [-0.25, -0.2) is 13.4 Å². The molecule has 2 aromatic heterocycles. The number of methoxy groups -OCH3 is 1. The summed E-state index contributed by atoms with van der Waals surface area (Å²) in [6, 6.07) is 8.01. The van der Waals surface area contributed by atoms with E-state index in [1.165, 1.54) is 21.8 Å². The van der Waals surface area contributed by atoms with Crippen LogP contribution in [0.1, 0.15) is 39.2 Å². The summed E-state index contributed by atoms with van der Waals surface area (Å²) in [6.45, 7) is 7.77. The van der Waals surface area contributed by atoms with Crippen molar-refractivity contribution < 1.29 is 13.2 Å². The molecular formula is C32H42BrN9O3S. The van der Waals surface area contributed by atoms with E-state index >= 15 is 0 Å². The molecule has 3 heterocycles. The van der Waals surface area contributed by atoms with Crippen molar-refractivity contribution in [3.8, 4) is 5.75 Å². The maximum Gasteiger partial charge on any atom is 0.232 e. The van der Waals surface area contributed by atoms with Crippen LogP contribution in [-0.2, 0) is 16.4 Å². The van der Waals surface area contributed by atoms with Gasteiger partial charge >= 0.3 is 0 Å². The molecule has 12 nitrogen and oxygen atoms in total. The van der Waals surface area contributed by atoms with Crippen molar-refractivity contribution in [1.82, 2.24) is 24.8 Å². The average molecular weight is 713 g/mol. The summed E-state index contributed by atoms with van der Waals surface area (Å²) < 4.78 is 33.8. The normalized spacial score (nSPS) is 14.3. The molecule has 0 aliphatic carbocycles. The van der Waals surface area contributed by atoms with E-state index in [2.05, 4.69) is 84.5 Å². The van der Waals surface area contributed by atoms with E-state index in [4.69, 9.17) is 9.72 Å². The number of aryl methyl sites for hydroxylation is 1. The highest BCUT2D eigenvalue weighted by Gasteiger charge is 2.28. The number of benzene rings is 2. The standard InChI is InChI=1S/C32H42BrN9O3S/c1-8-21-17-26(28(45-6)18-27(21)41-15-11-22(12-16-41)40(4)5)38-32-36-19-23(33)31(39-32)37-25-10-9-24-29(35-14-13-34-24)30(25)42(20(2)3)46(7,43)44/h9-10,13-14,17-20,22H,8,11-12,15-16H2,1-7H3,(H2,36,37,38,39). The summed E-state index contributed by atoms with van der Waals surface area (Å²) in [5.41, 5.74) is 5.08. The van der Waals surface area contributed by atoms with Crippen LogP contribution in [0.3, 0.4) is 0 Å². The van der Waals surface area contributed by atoms with Crippen molar-refractivity contribution in [2.75, 3.05) is 60.4 Å². The Morgan fingerprint density at radius 2 is 1.78 bits per heavy atom. The van der Waals surface area contributed by atoms with Gasteiger partial charge < -0.3 is 25.2 Å². The lowest BCUT2D eigenvalue weighted by molar-refractivity contribution is 0.249. The largest absolute Gasteiger partial charge is 0.494 e. The summed E-state index contributed by atoms with van der Waals surface area (Å²) in [6.07, 6.45) is 9.05. The second-order valence-corrected chi connectivity index (χ2v) is 14.6. The minimum Gasteiger partial charge on any atom is -0.494 e. The summed E-state index contributed by atoms with van der Waals surface area (Å²) in [5.74, 6) is 1.48. The van der Waals surface area contributed by atoms with Gasteiger partial charge in [0.05, 0.1) is 34.7 Å². The number of fused-ring (bicyclic) bond motifs is 1. The van der Waals surface area contributed by atoms with Crippen LogP contribution in [0.25, 0.3) is 11.0 Å². The molecule has 2 aromatic carbocycles. The Hall–Kier alpha value is -3.75. The fourth-order valence-electron chi connectivity index (χ4n) is 6.00. The topological polar surface area (TPSA) is 129 Å². The number of nitrogens with one attached hydrogen (secondary N) is 2. The zero-order valence-corrected chi connectivity index (χ0v) is 29.8. The van der Waals surface area contributed by atoms with Crippen molar-refractivity contribution in [1.29, 1.82) is 0 Å². The van der Waals surface area contributed by atoms with Gasteiger partial charge in [0.15, 0.2) is 0 Å². The second-order valence-electron chi connectivity index (χ2n) is 11.9. The lowest BCUT2D eigenvalue weighted by Crippen LogP contribution is -2.42. The van der Waals surface area contributed by atoms with Crippen LogP contribution in [0.4, 0.5) is 34.5 Å². The Labute approximate surface area is 279 Å². The van der Waals surface area contributed by atoms with Gasteiger partial charge in [0, 0.05) is 55.5 Å². The van der Waals surface area contributed by atoms with Crippen LogP contribution in [0.2, 0.25) is 0 Å². The summed E-state index contributed by atoms with van der Waals surface area (Å²) in [7, 11) is 2.30. The molecule has 1 aliphatic rings. The first-order valence-corrected chi connectivity index (χ1v) is 18.0. The number of rotatable bonds is 11. The van der Waals surface area contributed by atoms with Crippen LogP contribution < -0.4 is 24.6 Å². The van der Waals surface area contributed by atoms with Crippen molar-refractivity contribution in [2.24, 2.45) is 0 Å². The average Bonchev–Trinajstić information content (AvgIpc) is 3.02. The Kier molecular flexibility index (Phi) is 10.2. The number of piperidine rings is 1. The number of sulfonamides is 1. The monoisotopic (exact) mass is 711 g/mol. The van der Waals surface area contributed by atoms with E-state index in [1.54, 1.807) is 37.8 Å². The maximum atomic E-state index is 13.0. The molecule has 246 valence electrons. The van der Waals surface area contributed by atoms with Crippen molar-refractivity contribution in [3.05, 3.63) is 52.9 Å². The molecular weight excluding hydrogens is 670 g/mol. The summed E-state index contributed by atoms with van der Waals surface area (Å²) >= 11 is 3.56. The molecule has 0 atom stereocenters. The van der Waals surface area contributed by atoms with Gasteiger partial charge in [0.1, 0.15) is 22.8 Å².